The Bertz CT molecular complexity index is 313. The van der Waals surface area contributed by atoms with E-state index in [-0.39, 0.29) is 5.69 Å². The van der Waals surface area contributed by atoms with E-state index in [1.165, 1.54) is 0 Å². The van der Waals surface area contributed by atoms with Gasteiger partial charge in [-0.1, -0.05) is 23.7 Å². The summed E-state index contributed by atoms with van der Waals surface area (Å²) in [5, 5.41) is 0. The molecule has 1 aliphatic heterocycles. The molecule has 0 fully saturated rings. The topological polar surface area (TPSA) is 12.5 Å². The first-order valence-corrected chi connectivity index (χ1v) is 4.27. The first-order valence-electron chi connectivity index (χ1n) is 3.83. The van der Waals surface area contributed by atoms with E-state index >= 15 is 0 Å². The van der Waals surface area contributed by atoms with Crippen LogP contribution in [-0.4, -0.2) is 12.7 Å². The Kier molecular flexibility index (Phi) is 1.65. The van der Waals surface area contributed by atoms with Crippen molar-refractivity contribution in [3.05, 3.63) is 23.8 Å². The van der Waals surface area contributed by atoms with Gasteiger partial charge in [-0.25, -0.2) is 0 Å². The maximum absolute atomic E-state index is 5.90. The molecule has 1 aromatic carbocycles. The van der Waals surface area contributed by atoms with Crippen LogP contribution in [0.15, 0.2) is 18.2 Å². The molecule has 0 saturated carbocycles. The van der Waals surface area contributed by atoms with E-state index in [0.717, 1.165) is 17.0 Å². The number of hydrogen-bond donors (Lipinski definition) is 0. The molecule has 2 rings (SSSR count). The molecular weight excluding hydrogens is 174 g/mol. The van der Waals surface area contributed by atoms with Crippen molar-refractivity contribution in [3.63, 3.8) is 0 Å². The van der Waals surface area contributed by atoms with Crippen LogP contribution in [0.1, 0.15) is 5.56 Å². The minimum Gasteiger partial charge on any atom is -0.454 e. The summed E-state index contributed by atoms with van der Waals surface area (Å²) in [5.74, 6) is 0.903. The molecule has 0 radical (unpaired) electrons. The summed E-state index contributed by atoms with van der Waals surface area (Å²) < 4.78 is 5.44. The number of ether oxygens (including phenoxy) is 1. The van der Waals surface area contributed by atoms with E-state index in [2.05, 4.69) is 0 Å². The molecule has 0 amide bonds. The lowest BCUT2D eigenvalue weighted by Gasteiger charge is -2.12. The first-order chi connectivity index (χ1) is 5.70. The third-order valence-corrected chi connectivity index (χ3v) is 2.47. The number of para-hydroxylation sites is 1. The largest absolute Gasteiger partial charge is 0.454 e. The van der Waals surface area contributed by atoms with Crippen molar-refractivity contribution in [3.8, 4) is 5.75 Å². The van der Waals surface area contributed by atoms with Crippen molar-refractivity contribution >= 4 is 17.3 Å². The highest BCUT2D eigenvalue weighted by Gasteiger charge is 2.26. The zero-order chi connectivity index (χ0) is 8.72. The van der Waals surface area contributed by atoms with Crippen LogP contribution in [0.25, 0.3) is 0 Å². The van der Waals surface area contributed by atoms with Gasteiger partial charge >= 0.3 is 0 Å². The summed E-state index contributed by atoms with van der Waals surface area (Å²) in [6.45, 7) is 2.02. The predicted molar refractivity (Wildman–Crippen MR) is 49.9 cm³/mol. The van der Waals surface area contributed by atoms with E-state index in [1.807, 2.05) is 37.1 Å². The number of nitrogens with zero attached hydrogens (tertiary/aromatic N) is 1. The zero-order valence-corrected chi connectivity index (χ0v) is 7.80. The molecule has 0 bridgehead atoms. The van der Waals surface area contributed by atoms with Gasteiger partial charge in [-0.15, -0.1) is 0 Å². The van der Waals surface area contributed by atoms with E-state index in [1.54, 1.807) is 0 Å². The Hall–Kier alpha value is -0.890. The highest BCUT2D eigenvalue weighted by Crippen LogP contribution is 2.39. The van der Waals surface area contributed by atoms with E-state index in [9.17, 15) is 0 Å². The van der Waals surface area contributed by atoms with Crippen molar-refractivity contribution in [2.24, 2.45) is 0 Å². The van der Waals surface area contributed by atoms with E-state index in [4.69, 9.17) is 16.3 Å². The van der Waals surface area contributed by atoms with Crippen molar-refractivity contribution in [1.29, 1.82) is 0 Å². The first kappa shape index (κ1) is 7.74. The number of rotatable bonds is 0. The maximum Gasteiger partial charge on any atom is 0.250 e. The predicted octanol–water partition coefficient (Wildman–Crippen LogP) is 2.35. The Labute approximate surface area is 76.7 Å². The second-order valence-electron chi connectivity index (χ2n) is 2.94. The molecule has 0 N–H and O–H groups in total. The molecule has 1 aromatic rings. The maximum atomic E-state index is 5.90. The number of alkyl halides is 1. The van der Waals surface area contributed by atoms with Gasteiger partial charge in [-0.3, -0.25) is 0 Å². The molecule has 1 aliphatic rings. The Morgan fingerprint density at radius 1 is 1.50 bits per heavy atom. The lowest BCUT2D eigenvalue weighted by atomic mass is 10.2. The Morgan fingerprint density at radius 3 is 2.92 bits per heavy atom. The van der Waals surface area contributed by atoms with Crippen LogP contribution in [0.3, 0.4) is 0 Å². The quantitative estimate of drug-likeness (QED) is 0.452. The van der Waals surface area contributed by atoms with Crippen LogP contribution in [0.5, 0.6) is 5.75 Å². The summed E-state index contributed by atoms with van der Waals surface area (Å²) in [7, 11) is 1.92. The van der Waals surface area contributed by atoms with Crippen LogP contribution in [0, 0.1) is 6.92 Å². The van der Waals surface area contributed by atoms with Gasteiger partial charge in [-0.05, 0) is 18.6 Å². The standard InChI is InChI=1S/C9H10ClNO/c1-6-4-3-5-7-8(6)12-9(10)11(7)2/h3-5,9H,1-2H3. The monoisotopic (exact) mass is 183 g/mol. The minimum absolute atomic E-state index is 0.360. The van der Waals surface area contributed by atoms with Crippen LogP contribution in [0.2, 0.25) is 0 Å². The Balaban J connectivity index is 2.53. The lowest BCUT2D eigenvalue weighted by Crippen LogP contribution is -2.24. The normalized spacial score (nSPS) is 20.6. The molecule has 0 aliphatic carbocycles. The number of hydrogen-bond acceptors (Lipinski definition) is 2. The van der Waals surface area contributed by atoms with Crippen molar-refractivity contribution < 1.29 is 4.74 Å². The molecule has 2 nitrogen and oxygen atoms in total. The highest BCUT2D eigenvalue weighted by molar-refractivity contribution is 6.21. The molecule has 0 saturated heterocycles. The number of fused-ring (bicyclic) bond motifs is 1. The SMILES string of the molecule is Cc1cccc2c1OC(Cl)N2C. The van der Waals surface area contributed by atoms with Crippen LogP contribution in [0.4, 0.5) is 5.69 Å². The average molecular weight is 184 g/mol. The van der Waals surface area contributed by atoms with E-state index < -0.39 is 0 Å². The fourth-order valence-corrected chi connectivity index (χ4v) is 1.55. The molecule has 1 atom stereocenters. The molecule has 64 valence electrons. The van der Waals surface area contributed by atoms with Gasteiger partial charge in [0.15, 0.2) is 0 Å². The third kappa shape index (κ3) is 0.950. The molecule has 12 heavy (non-hydrogen) atoms. The van der Waals surface area contributed by atoms with Gasteiger partial charge in [0.05, 0.1) is 5.69 Å². The lowest BCUT2D eigenvalue weighted by molar-refractivity contribution is 0.311. The summed E-state index contributed by atoms with van der Waals surface area (Å²) in [6.07, 6.45) is 0. The molecule has 1 unspecified atom stereocenters. The Morgan fingerprint density at radius 2 is 2.25 bits per heavy atom. The van der Waals surface area contributed by atoms with Gasteiger partial charge in [0.1, 0.15) is 5.75 Å². The number of aryl methyl sites for hydroxylation is 1. The molecule has 3 heteroatoms. The van der Waals surface area contributed by atoms with Crippen LogP contribution in [-0.2, 0) is 0 Å². The van der Waals surface area contributed by atoms with Crippen molar-refractivity contribution in [2.75, 3.05) is 11.9 Å². The summed E-state index contributed by atoms with van der Waals surface area (Å²) >= 11 is 5.90. The highest BCUT2D eigenvalue weighted by atomic mass is 35.5. The van der Waals surface area contributed by atoms with Gasteiger partial charge in [0, 0.05) is 7.05 Å². The fourth-order valence-electron chi connectivity index (χ4n) is 1.35. The molecular formula is C9H10ClNO. The molecule has 1 heterocycles. The minimum atomic E-state index is -0.360. The van der Waals surface area contributed by atoms with Gasteiger partial charge in [0.2, 0.25) is 5.69 Å². The van der Waals surface area contributed by atoms with Crippen LogP contribution >= 0.6 is 11.6 Å². The number of benzene rings is 1. The number of anilines is 1. The second-order valence-corrected chi connectivity index (χ2v) is 3.32. The fraction of sp³-hybridized carbons (Fsp3) is 0.333. The zero-order valence-electron chi connectivity index (χ0n) is 7.04. The summed E-state index contributed by atoms with van der Waals surface area (Å²) in [5.41, 5.74) is 1.83. The van der Waals surface area contributed by atoms with Crippen molar-refractivity contribution in [1.82, 2.24) is 0 Å². The van der Waals surface area contributed by atoms with Gasteiger partial charge < -0.3 is 9.64 Å². The average Bonchev–Trinajstić information content (AvgIpc) is 2.32. The molecule has 0 aromatic heterocycles. The third-order valence-electron chi connectivity index (χ3n) is 2.09. The second kappa shape index (κ2) is 2.56. The summed E-state index contributed by atoms with van der Waals surface area (Å²) in [4.78, 5) is 1.91. The molecule has 0 spiro atoms. The summed E-state index contributed by atoms with van der Waals surface area (Å²) in [6, 6.07) is 6.02. The van der Waals surface area contributed by atoms with Gasteiger partial charge in [0.25, 0.3) is 0 Å². The number of halogens is 1. The van der Waals surface area contributed by atoms with Crippen molar-refractivity contribution in [2.45, 2.75) is 12.6 Å². The smallest absolute Gasteiger partial charge is 0.250 e. The van der Waals surface area contributed by atoms with Gasteiger partial charge in [-0.2, -0.15) is 0 Å². The van der Waals surface area contributed by atoms with Crippen LogP contribution < -0.4 is 9.64 Å². The van der Waals surface area contributed by atoms with E-state index in [0.29, 0.717) is 0 Å².